The number of fused-ring (bicyclic) bond motifs is 1. The molecule has 0 saturated heterocycles. The largest absolute Gasteiger partial charge is 0.504 e. The first-order chi connectivity index (χ1) is 13.3. The molecule has 2 aromatic rings. The minimum atomic E-state index is -0.493. The standard InChI is InChI=1S/C22H29ClO5/c1-6-9-13(3)26-21-19(25)18-16(11-8-12-17(18)23)20(28-15(5)24)22(21)27-14(4)10-7-2/h8,11-14,25H,6-7,9-10H2,1-5H3. The predicted octanol–water partition coefficient (Wildman–Crippen LogP) is 6.26. The van der Waals surface area contributed by atoms with Crippen molar-refractivity contribution >= 4 is 28.3 Å². The zero-order valence-corrected chi connectivity index (χ0v) is 17.9. The van der Waals surface area contributed by atoms with Gasteiger partial charge in [-0.25, -0.2) is 0 Å². The summed E-state index contributed by atoms with van der Waals surface area (Å²) in [5.41, 5.74) is 0. The van der Waals surface area contributed by atoms with E-state index in [0.29, 0.717) is 15.8 Å². The van der Waals surface area contributed by atoms with E-state index >= 15 is 0 Å². The summed E-state index contributed by atoms with van der Waals surface area (Å²) in [4.78, 5) is 11.8. The van der Waals surface area contributed by atoms with Crippen molar-refractivity contribution in [3.8, 4) is 23.0 Å². The number of hydrogen-bond donors (Lipinski definition) is 1. The third-order valence-corrected chi connectivity index (χ3v) is 4.71. The second kappa shape index (κ2) is 9.87. The molecular formula is C22H29ClO5. The molecule has 0 spiro atoms. The second-order valence-corrected chi connectivity index (χ2v) is 7.43. The molecule has 0 aliphatic heterocycles. The van der Waals surface area contributed by atoms with Crippen molar-refractivity contribution in [1.29, 1.82) is 0 Å². The molecule has 0 aliphatic carbocycles. The maximum atomic E-state index is 11.8. The van der Waals surface area contributed by atoms with Crippen LogP contribution in [0.3, 0.4) is 0 Å². The average Bonchev–Trinajstić information content (AvgIpc) is 2.61. The number of hydrogen-bond acceptors (Lipinski definition) is 5. The number of ether oxygens (including phenoxy) is 3. The minimum Gasteiger partial charge on any atom is -0.504 e. The molecule has 2 unspecified atom stereocenters. The summed E-state index contributed by atoms with van der Waals surface area (Å²) in [6.07, 6.45) is 3.14. The molecule has 1 N–H and O–H groups in total. The highest BCUT2D eigenvalue weighted by Crippen LogP contribution is 2.53. The fourth-order valence-corrected chi connectivity index (χ4v) is 3.46. The van der Waals surface area contributed by atoms with Gasteiger partial charge in [0, 0.05) is 12.3 Å². The number of carbonyl (C=O) groups is 1. The van der Waals surface area contributed by atoms with Gasteiger partial charge in [-0.3, -0.25) is 4.79 Å². The molecule has 0 bridgehead atoms. The molecular weight excluding hydrogens is 380 g/mol. The lowest BCUT2D eigenvalue weighted by molar-refractivity contribution is -0.131. The number of carbonyl (C=O) groups excluding carboxylic acids is 1. The number of rotatable bonds is 9. The zero-order chi connectivity index (χ0) is 20.8. The molecule has 0 fully saturated rings. The van der Waals surface area contributed by atoms with Gasteiger partial charge in [0.25, 0.3) is 0 Å². The van der Waals surface area contributed by atoms with Crippen molar-refractivity contribution in [2.45, 2.75) is 72.5 Å². The predicted molar refractivity (Wildman–Crippen MR) is 112 cm³/mol. The van der Waals surface area contributed by atoms with Crippen molar-refractivity contribution in [3.63, 3.8) is 0 Å². The number of aromatic hydroxyl groups is 1. The lowest BCUT2D eigenvalue weighted by atomic mass is 10.1. The molecule has 0 aliphatic rings. The Hall–Kier alpha value is -2.14. The van der Waals surface area contributed by atoms with Crippen LogP contribution in [-0.4, -0.2) is 23.3 Å². The number of benzene rings is 2. The van der Waals surface area contributed by atoms with Gasteiger partial charge in [-0.1, -0.05) is 50.4 Å². The highest BCUT2D eigenvalue weighted by Gasteiger charge is 2.28. The van der Waals surface area contributed by atoms with Gasteiger partial charge in [0.1, 0.15) is 0 Å². The number of phenols is 1. The van der Waals surface area contributed by atoms with Gasteiger partial charge in [0.05, 0.1) is 22.6 Å². The van der Waals surface area contributed by atoms with Crippen LogP contribution in [-0.2, 0) is 4.79 Å². The Bertz CT molecular complexity index is 834. The molecule has 0 amide bonds. The van der Waals surface area contributed by atoms with Crippen LogP contribution in [0.2, 0.25) is 5.02 Å². The first kappa shape index (κ1) is 22.2. The first-order valence-corrected chi connectivity index (χ1v) is 10.2. The molecule has 0 radical (unpaired) electrons. The van der Waals surface area contributed by atoms with E-state index in [1.165, 1.54) is 6.92 Å². The quantitative estimate of drug-likeness (QED) is 0.392. The Morgan fingerprint density at radius 2 is 1.61 bits per heavy atom. The van der Waals surface area contributed by atoms with Crippen LogP contribution in [0.15, 0.2) is 18.2 Å². The van der Waals surface area contributed by atoms with E-state index in [-0.39, 0.29) is 35.2 Å². The summed E-state index contributed by atoms with van der Waals surface area (Å²) in [7, 11) is 0. The summed E-state index contributed by atoms with van der Waals surface area (Å²) in [5.74, 6) is -0.0118. The zero-order valence-electron chi connectivity index (χ0n) is 17.2. The van der Waals surface area contributed by atoms with Gasteiger partial charge in [-0.2, -0.15) is 0 Å². The molecule has 5 nitrogen and oxygen atoms in total. The highest BCUT2D eigenvalue weighted by atomic mass is 35.5. The Morgan fingerprint density at radius 1 is 1.04 bits per heavy atom. The topological polar surface area (TPSA) is 65.0 Å². The highest BCUT2D eigenvalue weighted by molar-refractivity contribution is 6.36. The molecule has 0 heterocycles. The van der Waals surface area contributed by atoms with Gasteiger partial charge < -0.3 is 19.3 Å². The van der Waals surface area contributed by atoms with E-state index < -0.39 is 5.97 Å². The van der Waals surface area contributed by atoms with E-state index in [9.17, 15) is 9.90 Å². The smallest absolute Gasteiger partial charge is 0.308 e. The van der Waals surface area contributed by atoms with Gasteiger partial charge in [-0.15, -0.1) is 0 Å². The Kier molecular flexibility index (Phi) is 7.81. The normalized spacial score (nSPS) is 13.2. The Labute approximate surface area is 171 Å². The van der Waals surface area contributed by atoms with E-state index in [2.05, 4.69) is 13.8 Å². The van der Waals surface area contributed by atoms with Crippen molar-refractivity contribution in [2.75, 3.05) is 0 Å². The van der Waals surface area contributed by atoms with Gasteiger partial charge in [0.15, 0.2) is 11.5 Å². The van der Waals surface area contributed by atoms with Crippen molar-refractivity contribution < 1.29 is 24.1 Å². The number of phenolic OH excluding ortho intramolecular Hbond substituents is 1. The van der Waals surface area contributed by atoms with Crippen LogP contribution in [0, 0.1) is 0 Å². The first-order valence-electron chi connectivity index (χ1n) is 9.78. The minimum absolute atomic E-state index is 0.113. The fraction of sp³-hybridized carbons (Fsp3) is 0.500. The maximum Gasteiger partial charge on any atom is 0.308 e. The molecule has 2 rings (SSSR count). The summed E-state index contributed by atoms with van der Waals surface area (Å²) in [5, 5.41) is 12.2. The number of esters is 1. The summed E-state index contributed by atoms with van der Waals surface area (Å²) >= 11 is 6.35. The van der Waals surface area contributed by atoms with Crippen LogP contribution in [0.25, 0.3) is 10.8 Å². The van der Waals surface area contributed by atoms with Crippen LogP contribution in [0.5, 0.6) is 23.0 Å². The SMILES string of the molecule is CCCC(C)Oc1c(OC(C)CCC)c(O)c2c(Cl)cccc2c1OC(C)=O. The third-order valence-electron chi connectivity index (χ3n) is 4.40. The van der Waals surface area contributed by atoms with Gasteiger partial charge in [0.2, 0.25) is 11.5 Å². The van der Waals surface area contributed by atoms with Crippen LogP contribution < -0.4 is 14.2 Å². The molecule has 6 heteroatoms. The molecule has 0 saturated carbocycles. The van der Waals surface area contributed by atoms with Gasteiger partial charge >= 0.3 is 5.97 Å². The molecule has 154 valence electrons. The fourth-order valence-electron chi connectivity index (χ4n) is 3.20. The van der Waals surface area contributed by atoms with E-state index in [4.69, 9.17) is 25.8 Å². The third kappa shape index (κ3) is 5.02. The van der Waals surface area contributed by atoms with Crippen molar-refractivity contribution in [1.82, 2.24) is 0 Å². The lowest BCUT2D eigenvalue weighted by Gasteiger charge is -2.24. The summed E-state index contributed by atoms with van der Waals surface area (Å²) < 4.78 is 17.7. The summed E-state index contributed by atoms with van der Waals surface area (Å²) in [6, 6.07) is 5.13. The van der Waals surface area contributed by atoms with Crippen molar-refractivity contribution in [3.05, 3.63) is 23.2 Å². The van der Waals surface area contributed by atoms with Crippen LogP contribution in [0.4, 0.5) is 0 Å². The molecule has 2 aromatic carbocycles. The van der Waals surface area contributed by atoms with Crippen molar-refractivity contribution in [2.24, 2.45) is 0 Å². The van der Waals surface area contributed by atoms with E-state index in [0.717, 1.165) is 25.7 Å². The average molecular weight is 409 g/mol. The van der Waals surface area contributed by atoms with Crippen LogP contribution >= 0.6 is 11.6 Å². The van der Waals surface area contributed by atoms with Crippen LogP contribution in [0.1, 0.15) is 60.3 Å². The Morgan fingerprint density at radius 3 is 2.14 bits per heavy atom. The van der Waals surface area contributed by atoms with E-state index in [1.54, 1.807) is 18.2 Å². The molecule has 28 heavy (non-hydrogen) atoms. The van der Waals surface area contributed by atoms with E-state index in [1.807, 2.05) is 13.8 Å². The number of halogens is 1. The molecule has 0 aromatic heterocycles. The lowest BCUT2D eigenvalue weighted by Crippen LogP contribution is -2.17. The molecule has 2 atom stereocenters. The van der Waals surface area contributed by atoms with Gasteiger partial charge in [-0.05, 0) is 32.8 Å². The monoisotopic (exact) mass is 408 g/mol. The maximum absolute atomic E-state index is 11.8. The second-order valence-electron chi connectivity index (χ2n) is 7.03. The Balaban J connectivity index is 2.77. The summed E-state index contributed by atoms with van der Waals surface area (Å²) in [6.45, 7) is 9.29.